The molecule has 2 heterocycles. The van der Waals surface area contributed by atoms with Crippen molar-refractivity contribution >= 4 is 0 Å². The van der Waals surface area contributed by atoms with Crippen molar-refractivity contribution in [2.75, 3.05) is 26.4 Å². The molecule has 2 unspecified atom stereocenters. The smallest absolute Gasteiger partial charge is 0.0809 e. The second-order valence-electron chi connectivity index (χ2n) is 5.03. The number of aromatic nitrogens is 1. The minimum absolute atomic E-state index is 0.335. The summed E-state index contributed by atoms with van der Waals surface area (Å²) >= 11 is 0. The van der Waals surface area contributed by atoms with Crippen molar-refractivity contribution in [3.05, 3.63) is 30.1 Å². The van der Waals surface area contributed by atoms with Crippen molar-refractivity contribution in [1.82, 2.24) is 10.3 Å². The van der Waals surface area contributed by atoms with Crippen LogP contribution in [-0.2, 0) is 9.47 Å². The highest BCUT2D eigenvalue weighted by atomic mass is 16.5. The van der Waals surface area contributed by atoms with Gasteiger partial charge in [0, 0.05) is 31.6 Å². The van der Waals surface area contributed by atoms with E-state index in [2.05, 4.69) is 23.3 Å². The Bertz CT molecular complexity index is 339. The molecule has 0 amide bonds. The van der Waals surface area contributed by atoms with E-state index in [1.54, 1.807) is 6.20 Å². The Balaban J connectivity index is 1.49. The van der Waals surface area contributed by atoms with E-state index in [0.717, 1.165) is 39.2 Å². The maximum Gasteiger partial charge on any atom is 0.0809 e. The Morgan fingerprint density at radius 2 is 2.53 bits per heavy atom. The quantitative estimate of drug-likeness (QED) is 0.732. The summed E-state index contributed by atoms with van der Waals surface area (Å²) in [6, 6.07) is 4.41. The van der Waals surface area contributed by atoms with Crippen molar-refractivity contribution in [3.8, 4) is 0 Å². The van der Waals surface area contributed by atoms with Gasteiger partial charge in [-0.1, -0.05) is 6.07 Å². The summed E-state index contributed by atoms with van der Waals surface area (Å²) in [5.74, 6) is 0. The molecule has 4 heteroatoms. The van der Waals surface area contributed by atoms with Crippen molar-refractivity contribution in [3.63, 3.8) is 0 Å². The van der Waals surface area contributed by atoms with E-state index in [9.17, 15) is 0 Å². The van der Waals surface area contributed by atoms with Gasteiger partial charge in [-0.2, -0.15) is 0 Å². The van der Waals surface area contributed by atoms with Crippen LogP contribution in [0.1, 0.15) is 37.8 Å². The molecule has 1 aromatic heterocycles. The zero-order valence-corrected chi connectivity index (χ0v) is 11.7. The van der Waals surface area contributed by atoms with Gasteiger partial charge in [-0.25, -0.2) is 0 Å². The van der Waals surface area contributed by atoms with Crippen molar-refractivity contribution in [1.29, 1.82) is 0 Å². The van der Waals surface area contributed by atoms with Gasteiger partial charge in [0.25, 0.3) is 0 Å². The molecule has 1 fully saturated rings. The SMILES string of the molecule is CC(NCCCOCC1CCCO1)c1cccnc1. The summed E-state index contributed by atoms with van der Waals surface area (Å²) in [4.78, 5) is 4.13. The van der Waals surface area contributed by atoms with E-state index in [1.807, 2.05) is 12.3 Å². The molecule has 1 aliphatic heterocycles. The van der Waals surface area contributed by atoms with E-state index in [0.29, 0.717) is 12.1 Å². The molecule has 0 radical (unpaired) electrons. The van der Waals surface area contributed by atoms with Crippen LogP contribution in [-0.4, -0.2) is 37.5 Å². The van der Waals surface area contributed by atoms with Crippen LogP contribution >= 0.6 is 0 Å². The van der Waals surface area contributed by atoms with E-state index in [4.69, 9.17) is 9.47 Å². The molecule has 0 saturated carbocycles. The molecule has 1 aromatic rings. The topological polar surface area (TPSA) is 43.4 Å². The van der Waals surface area contributed by atoms with Crippen molar-refractivity contribution < 1.29 is 9.47 Å². The average Bonchev–Trinajstić information content (AvgIpc) is 2.96. The standard InChI is InChI=1S/C15H24N2O2/c1-13(14-5-2-7-16-11-14)17-8-4-9-18-12-15-6-3-10-19-15/h2,5,7,11,13,15,17H,3-4,6,8-10,12H2,1H3. The van der Waals surface area contributed by atoms with Gasteiger partial charge in [0.1, 0.15) is 0 Å². The number of pyridine rings is 1. The van der Waals surface area contributed by atoms with E-state index in [1.165, 1.54) is 12.0 Å². The first-order valence-corrected chi connectivity index (χ1v) is 7.19. The number of nitrogens with zero attached hydrogens (tertiary/aromatic N) is 1. The minimum atomic E-state index is 0.335. The van der Waals surface area contributed by atoms with Gasteiger partial charge in [-0.3, -0.25) is 4.98 Å². The lowest BCUT2D eigenvalue weighted by Gasteiger charge is -2.14. The highest BCUT2D eigenvalue weighted by Crippen LogP contribution is 2.12. The normalized spacial score (nSPS) is 20.6. The van der Waals surface area contributed by atoms with Crippen LogP contribution in [0.15, 0.2) is 24.5 Å². The second kappa shape index (κ2) is 8.25. The van der Waals surface area contributed by atoms with Crippen LogP contribution in [0, 0.1) is 0 Å². The summed E-state index contributed by atoms with van der Waals surface area (Å²) in [5, 5.41) is 3.48. The largest absolute Gasteiger partial charge is 0.379 e. The van der Waals surface area contributed by atoms with Crippen LogP contribution in [0.3, 0.4) is 0 Å². The van der Waals surface area contributed by atoms with Crippen molar-refractivity contribution in [2.24, 2.45) is 0 Å². The molecule has 4 nitrogen and oxygen atoms in total. The highest BCUT2D eigenvalue weighted by molar-refractivity contribution is 5.12. The van der Waals surface area contributed by atoms with E-state index in [-0.39, 0.29) is 0 Å². The number of hydrogen-bond donors (Lipinski definition) is 1. The van der Waals surface area contributed by atoms with Gasteiger partial charge in [0.15, 0.2) is 0 Å². The molecule has 106 valence electrons. The molecule has 0 spiro atoms. The fourth-order valence-electron chi connectivity index (χ4n) is 2.23. The molecule has 1 aliphatic rings. The molecule has 0 aliphatic carbocycles. The molecular weight excluding hydrogens is 240 g/mol. The maximum atomic E-state index is 5.63. The average molecular weight is 264 g/mol. The molecule has 0 bridgehead atoms. The Morgan fingerprint density at radius 3 is 3.26 bits per heavy atom. The van der Waals surface area contributed by atoms with Crippen LogP contribution in [0.2, 0.25) is 0 Å². The van der Waals surface area contributed by atoms with Crippen LogP contribution in [0.25, 0.3) is 0 Å². The summed E-state index contributed by atoms with van der Waals surface area (Å²) in [6.07, 6.45) is 7.40. The molecular formula is C15H24N2O2. The lowest BCUT2D eigenvalue weighted by atomic mass is 10.1. The second-order valence-corrected chi connectivity index (χ2v) is 5.03. The predicted molar refractivity (Wildman–Crippen MR) is 75.1 cm³/mol. The monoisotopic (exact) mass is 264 g/mol. The van der Waals surface area contributed by atoms with Gasteiger partial charge in [0.2, 0.25) is 0 Å². The number of nitrogens with one attached hydrogen (secondary N) is 1. The summed E-state index contributed by atoms with van der Waals surface area (Å²) in [7, 11) is 0. The Hall–Kier alpha value is -0.970. The van der Waals surface area contributed by atoms with Crippen LogP contribution in [0.5, 0.6) is 0 Å². The first-order valence-electron chi connectivity index (χ1n) is 7.19. The summed E-state index contributed by atoms with van der Waals surface area (Å²) < 4.78 is 11.1. The Morgan fingerprint density at radius 1 is 1.58 bits per heavy atom. The predicted octanol–water partition coefficient (Wildman–Crippen LogP) is 2.32. The fraction of sp³-hybridized carbons (Fsp3) is 0.667. The van der Waals surface area contributed by atoms with Crippen molar-refractivity contribution in [2.45, 2.75) is 38.3 Å². The number of hydrogen-bond acceptors (Lipinski definition) is 4. The molecule has 2 atom stereocenters. The molecule has 1 N–H and O–H groups in total. The Labute approximate surface area is 115 Å². The van der Waals surface area contributed by atoms with Gasteiger partial charge in [-0.05, 0) is 44.4 Å². The molecule has 0 aromatic carbocycles. The van der Waals surface area contributed by atoms with Crippen LogP contribution < -0.4 is 5.32 Å². The van der Waals surface area contributed by atoms with Crippen LogP contribution in [0.4, 0.5) is 0 Å². The fourth-order valence-corrected chi connectivity index (χ4v) is 2.23. The summed E-state index contributed by atoms with van der Waals surface area (Å²) in [5.41, 5.74) is 1.22. The highest BCUT2D eigenvalue weighted by Gasteiger charge is 2.14. The molecule has 2 rings (SSSR count). The molecule has 1 saturated heterocycles. The number of rotatable bonds is 8. The van der Waals surface area contributed by atoms with Gasteiger partial charge in [-0.15, -0.1) is 0 Å². The first kappa shape index (κ1) is 14.4. The summed E-state index contributed by atoms with van der Waals surface area (Å²) in [6.45, 7) is 5.56. The van der Waals surface area contributed by atoms with Gasteiger partial charge in [0.05, 0.1) is 12.7 Å². The van der Waals surface area contributed by atoms with Gasteiger partial charge >= 0.3 is 0 Å². The third kappa shape index (κ3) is 5.27. The molecule has 19 heavy (non-hydrogen) atoms. The van der Waals surface area contributed by atoms with E-state index < -0.39 is 0 Å². The minimum Gasteiger partial charge on any atom is -0.379 e. The zero-order valence-electron chi connectivity index (χ0n) is 11.7. The third-order valence-electron chi connectivity index (χ3n) is 3.43. The maximum absolute atomic E-state index is 5.63. The lowest BCUT2D eigenvalue weighted by molar-refractivity contribution is 0.0165. The van der Waals surface area contributed by atoms with Gasteiger partial charge < -0.3 is 14.8 Å². The van der Waals surface area contributed by atoms with E-state index >= 15 is 0 Å². The Kier molecular flexibility index (Phi) is 6.27. The third-order valence-corrected chi connectivity index (χ3v) is 3.43. The lowest BCUT2D eigenvalue weighted by Crippen LogP contribution is -2.22. The zero-order chi connectivity index (χ0) is 13.3. The number of ether oxygens (including phenoxy) is 2. The first-order chi connectivity index (χ1) is 9.36.